The summed E-state index contributed by atoms with van der Waals surface area (Å²) in [6.07, 6.45) is 0. The Labute approximate surface area is 209 Å². The standard InChI is InChI=1S/C28H24N2O5S/c1-19-11-16-26(25(17-19)27(31)20-7-4-3-5-8-20)29-28(32)21-9-6-10-22(18-21)30-36(33,34)24-14-12-23(35-2)13-15-24/h3-18,30H,1-2H3,(H,29,32). The molecule has 36 heavy (non-hydrogen) atoms. The quantitative estimate of drug-likeness (QED) is 0.320. The van der Waals surface area contributed by atoms with Gasteiger partial charge in [0.15, 0.2) is 5.78 Å². The van der Waals surface area contributed by atoms with E-state index < -0.39 is 15.9 Å². The van der Waals surface area contributed by atoms with E-state index in [1.165, 1.54) is 25.3 Å². The Bertz CT molecular complexity index is 1520. The molecule has 0 saturated carbocycles. The number of carbonyl (C=O) groups excluding carboxylic acids is 2. The summed E-state index contributed by atoms with van der Waals surface area (Å²) in [6, 6.07) is 26.1. The van der Waals surface area contributed by atoms with Gasteiger partial charge >= 0.3 is 0 Å². The molecular formula is C28H24N2O5S. The van der Waals surface area contributed by atoms with Crippen molar-refractivity contribution in [3.05, 3.63) is 119 Å². The molecule has 182 valence electrons. The SMILES string of the molecule is COc1ccc(S(=O)(=O)Nc2cccc(C(=O)Nc3ccc(C)cc3C(=O)c3ccccc3)c2)cc1. The van der Waals surface area contributed by atoms with Crippen LogP contribution in [0.2, 0.25) is 0 Å². The van der Waals surface area contributed by atoms with Crippen LogP contribution in [0, 0.1) is 6.92 Å². The molecule has 0 heterocycles. The van der Waals surface area contributed by atoms with Gasteiger partial charge < -0.3 is 10.1 Å². The summed E-state index contributed by atoms with van der Waals surface area (Å²) < 4.78 is 33.1. The number of ketones is 1. The second-order valence-electron chi connectivity index (χ2n) is 8.06. The van der Waals surface area contributed by atoms with Crippen molar-refractivity contribution in [1.82, 2.24) is 0 Å². The Morgan fingerprint density at radius 1 is 0.778 bits per heavy atom. The number of hydrogen-bond donors (Lipinski definition) is 2. The van der Waals surface area contributed by atoms with E-state index >= 15 is 0 Å². The number of sulfonamides is 1. The highest BCUT2D eigenvalue weighted by Gasteiger charge is 2.18. The van der Waals surface area contributed by atoms with E-state index in [1.54, 1.807) is 72.8 Å². The van der Waals surface area contributed by atoms with Crippen molar-refractivity contribution in [3.8, 4) is 5.75 Å². The summed E-state index contributed by atoms with van der Waals surface area (Å²) >= 11 is 0. The summed E-state index contributed by atoms with van der Waals surface area (Å²) in [5, 5.41) is 2.79. The van der Waals surface area contributed by atoms with Gasteiger partial charge in [-0.15, -0.1) is 0 Å². The van der Waals surface area contributed by atoms with Crippen LogP contribution >= 0.6 is 0 Å². The lowest BCUT2D eigenvalue weighted by Gasteiger charge is -2.13. The maximum absolute atomic E-state index is 13.1. The van der Waals surface area contributed by atoms with E-state index in [-0.39, 0.29) is 21.9 Å². The first-order valence-corrected chi connectivity index (χ1v) is 12.5. The smallest absolute Gasteiger partial charge is 0.261 e. The Morgan fingerprint density at radius 3 is 2.17 bits per heavy atom. The number of amides is 1. The molecule has 0 fully saturated rings. The molecule has 0 aliphatic carbocycles. The topological polar surface area (TPSA) is 102 Å². The first kappa shape index (κ1) is 24.7. The molecule has 0 saturated heterocycles. The number of ether oxygens (including phenoxy) is 1. The lowest BCUT2D eigenvalue weighted by molar-refractivity contribution is 0.102. The molecule has 4 aromatic carbocycles. The predicted octanol–water partition coefficient (Wildman–Crippen LogP) is 5.29. The molecule has 7 nitrogen and oxygen atoms in total. The molecule has 0 aromatic heterocycles. The van der Waals surface area contributed by atoms with Crippen LogP contribution in [0.25, 0.3) is 0 Å². The van der Waals surface area contributed by atoms with E-state index in [1.807, 2.05) is 13.0 Å². The zero-order valence-electron chi connectivity index (χ0n) is 19.7. The minimum atomic E-state index is -3.87. The zero-order valence-corrected chi connectivity index (χ0v) is 20.5. The maximum Gasteiger partial charge on any atom is 0.261 e. The predicted molar refractivity (Wildman–Crippen MR) is 139 cm³/mol. The highest BCUT2D eigenvalue weighted by atomic mass is 32.2. The van der Waals surface area contributed by atoms with Gasteiger partial charge in [-0.2, -0.15) is 0 Å². The number of nitrogens with one attached hydrogen (secondary N) is 2. The Hall–Kier alpha value is -4.43. The van der Waals surface area contributed by atoms with Crippen LogP contribution in [-0.2, 0) is 10.0 Å². The molecule has 0 aliphatic rings. The van der Waals surface area contributed by atoms with Crippen LogP contribution in [-0.4, -0.2) is 27.2 Å². The van der Waals surface area contributed by atoms with Gasteiger partial charge in [0.2, 0.25) is 0 Å². The first-order valence-electron chi connectivity index (χ1n) is 11.1. The monoisotopic (exact) mass is 500 g/mol. The summed E-state index contributed by atoms with van der Waals surface area (Å²) in [5.41, 5.74) is 2.57. The normalized spacial score (nSPS) is 10.9. The van der Waals surface area contributed by atoms with Crippen LogP contribution < -0.4 is 14.8 Å². The average Bonchev–Trinajstić information content (AvgIpc) is 2.89. The summed E-state index contributed by atoms with van der Waals surface area (Å²) in [6.45, 7) is 1.87. The van der Waals surface area contributed by atoms with Crippen LogP contribution in [0.4, 0.5) is 11.4 Å². The molecule has 4 rings (SSSR count). The van der Waals surface area contributed by atoms with Crippen molar-refractivity contribution in [2.24, 2.45) is 0 Å². The van der Waals surface area contributed by atoms with Gasteiger partial charge in [-0.3, -0.25) is 14.3 Å². The molecule has 0 bridgehead atoms. The molecule has 0 radical (unpaired) electrons. The number of carbonyl (C=O) groups is 2. The van der Waals surface area contributed by atoms with Gasteiger partial charge in [-0.05, 0) is 61.5 Å². The third kappa shape index (κ3) is 5.61. The maximum atomic E-state index is 13.1. The minimum Gasteiger partial charge on any atom is -0.497 e. The molecule has 4 aromatic rings. The largest absolute Gasteiger partial charge is 0.497 e. The molecule has 8 heteroatoms. The van der Waals surface area contributed by atoms with Gasteiger partial charge in [0.05, 0.1) is 17.7 Å². The fraction of sp³-hybridized carbons (Fsp3) is 0.0714. The van der Waals surface area contributed by atoms with Gasteiger partial charge in [0.25, 0.3) is 15.9 Å². The van der Waals surface area contributed by atoms with E-state index in [9.17, 15) is 18.0 Å². The van der Waals surface area contributed by atoms with E-state index in [2.05, 4.69) is 10.0 Å². The van der Waals surface area contributed by atoms with Crippen LogP contribution in [0.15, 0.2) is 102 Å². The molecule has 0 aliphatic heterocycles. The van der Waals surface area contributed by atoms with Crippen molar-refractivity contribution >= 4 is 33.1 Å². The van der Waals surface area contributed by atoms with Gasteiger partial charge in [0, 0.05) is 22.4 Å². The summed E-state index contributed by atoms with van der Waals surface area (Å²) in [7, 11) is -2.38. The fourth-order valence-electron chi connectivity index (χ4n) is 3.59. The zero-order chi connectivity index (χ0) is 25.7. The Balaban J connectivity index is 1.56. The number of methoxy groups -OCH3 is 1. The highest BCUT2D eigenvalue weighted by molar-refractivity contribution is 7.92. The van der Waals surface area contributed by atoms with Gasteiger partial charge in [-0.25, -0.2) is 8.42 Å². The van der Waals surface area contributed by atoms with Crippen LogP contribution in [0.3, 0.4) is 0 Å². The number of anilines is 2. The lowest BCUT2D eigenvalue weighted by Crippen LogP contribution is -2.17. The van der Waals surface area contributed by atoms with Gasteiger partial charge in [0.1, 0.15) is 5.75 Å². The average molecular weight is 501 g/mol. The van der Waals surface area contributed by atoms with Crippen LogP contribution in [0.5, 0.6) is 5.75 Å². The fourth-order valence-corrected chi connectivity index (χ4v) is 4.64. The number of benzene rings is 4. The summed E-state index contributed by atoms with van der Waals surface area (Å²) in [5.74, 6) is -0.157. The minimum absolute atomic E-state index is 0.0573. The van der Waals surface area contributed by atoms with Crippen molar-refractivity contribution in [3.63, 3.8) is 0 Å². The van der Waals surface area contributed by atoms with E-state index in [4.69, 9.17) is 4.74 Å². The number of aryl methyl sites for hydroxylation is 1. The third-order valence-corrected chi connectivity index (χ3v) is 6.85. The summed E-state index contributed by atoms with van der Waals surface area (Å²) in [4.78, 5) is 26.2. The van der Waals surface area contributed by atoms with Crippen molar-refractivity contribution in [1.29, 1.82) is 0 Å². The van der Waals surface area contributed by atoms with E-state index in [0.29, 0.717) is 22.6 Å². The first-order chi connectivity index (χ1) is 17.3. The number of rotatable bonds is 8. The van der Waals surface area contributed by atoms with Crippen LogP contribution in [0.1, 0.15) is 31.8 Å². The molecule has 0 unspecified atom stereocenters. The van der Waals surface area contributed by atoms with Gasteiger partial charge in [-0.1, -0.05) is 48.0 Å². The third-order valence-electron chi connectivity index (χ3n) is 5.45. The molecule has 0 spiro atoms. The lowest BCUT2D eigenvalue weighted by atomic mass is 9.99. The highest BCUT2D eigenvalue weighted by Crippen LogP contribution is 2.24. The van der Waals surface area contributed by atoms with Crippen molar-refractivity contribution in [2.75, 3.05) is 17.1 Å². The van der Waals surface area contributed by atoms with Crippen molar-refractivity contribution < 1.29 is 22.7 Å². The number of hydrogen-bond acceptors (Lipinski definition) is 5. The molecular weight excluding hydrogens is 476 g/mol. The van der Waals surface area contributed by atoms with E-state index in [0.717, 1.165) is 5.56 Å². The molecule has 1 amide bonds. The van der Waals surface area contributed by atoms with Crippen molar-refractivity contribution in [2.45, 2.75) is 11.8 Å². The Morgan fingerprint density at radius 2 is 1.47 bits per heavy atom. The second-order valence-corrected chi connectivity index (χ2v) is 9.74. The molecule has 2 N–H and O–H groups in total. The Kier molecular flexibility index (Phi) is 7.17. The molecule has 0 atom stereocenters. The second kappa shape index (κ2) is 10.5.